The minimum Gasteiger partial charge on any atom is -0.124 e. The first-order chi connectivity index (χ1) is 3.81. The van der Waals surface area contributed by atoms with Crippen molar-refractivity contribution in [1.29, 1.82) is 0 Å². The van der Waals surface area contributed by atoms with E-state index in [2.05, 4.69) is 33.9 Å². The van der Waals surface area contributed by atoms with Gasteiger partial charge in [0.15, 0.2) is 0 Å². The molecule has 0 amide bonds. The molecule has 0 atom stereocenters. The van der Waals surface area contributed by atoms with Crippen molar-refractivity contribution >= 4 is 7.28 Å². The molecule has 0 bridgehead atoms. The Labute approximate surface area is 53.2 Å². The van der Waals surface area contributed by atoms with E-state index in [9.17, 15) is 0 Å². The van der Waals surface area contributed by atoms with Crippen LogP contribution in [0.3, 0.4) is 0 Å². The van der Waals surface area contributed by atoms with Gasteiger partial charge in [0.2, 0.25) is 0 Å². The van der Waals surface area contributed by atoms with Gasteiger partial charge in [0, 0.05) is 0 Å². The van der Waals surface area contributed by atoms with Crippen LogP contribution in [0.4, 0.5) is 0 Å². The van der Waals surface area contributed by atoms with Crippen molar-refractivity contribution in [1.82, 2.24) is 0 Å². The van der Waals surface area contributed by atoms with Crippen LogP contribution >= 0.6 is 0 Å². The lowest BCUT2D eigenvalue weighted by atomic mass is 9.80. The van der Waals surface area contributed by atoms with Crippen LogP contribution in [0.2, 0.25) is 6.82 Å². The van der Waals surface area contributed by atoms with Crippen LogP contribution in [-0.2, 0) is 0 Å². The summed E-state index contributed by atoms with van der Waals surface area (Å²) in [5.74, 6) is 2.17. The molecule has 0 rings (SSSR count). The zero-order chi connectivity index (χ0) is 6.41. The standard InChI is InChI=1S/C7H14B/c1-4-5-7(2)6-8-3/h6H,4-5H2,1-3H3/b7-6-. The molecular weight excluding hydrogens is 94.9 g/mol. The summed E-state index contributed by atoms with van der Waals surface area (Å²) in [6.45, 7) is 6.43. The highest BCUT2D eigenvalue weighted by Crippen LogP contribution is 2.00. The van der Waals surface area contributed by atoms with Gasteiger partial charge in [0.1, 0.15) is 7.28 Å². The van der Waals surface area contributed by atoms with E-state index in [4.69, 9.17) is 0 Å². The van der Waals surface area contributed by atoms with Crippen molar-refractivity contribution in [2.45, 2.75) is 33.5 Å². The summed E-state index contributed by atoms with van der Waals surface area (Å²) in [7, 11) is 2.09. The van der Waals surface area contributed by atoms with Crippen molar-refractivity contribution in [3.05, 3.63) is 11.5 Å². The lowest BCUT2D eigenvalue weighted by Crippen LogP contribution is -1.78. The Bertz CT molecular complexity index is 74.5. The van der Waals surface area contributed by atoms with E-state index in [1.54, 1.807) is 0 Å². The Morgan fingerprint density at radius 1 is 1.62 bits per heavy atom. The van der Waals surface area contributed by atoms with Crippen LogP contribution < -0.4 is 0 Å². The Balaban J connectivity index is 3.29. The molecule has 0 nitrogen and oxygen atoms in total. The third kappa shape index (κ3) is 3.98. The van der Waals surface area contributed by atoms with Gasteiger partial charge in [-0.25, -0.2) is 0 Å². The molecule has 0 N–H and O–H groups in total. The average molecular weight is 109 g/mol. The molecule has 0 aromatic rings. The number of allylic oxidation sites excluding steroid dienone is 1. The smallest absolute Gasteiger partial charge is 0.124 e. The summed E-state index contributed by atoms with van der Waals surface area (Å²) in [5, 5.41) is 0. The molecule has 0 unspecified atom stereocenters. The summed E-state index contributed by atoms with van der Waals surface area (Å²) in [4.78, 5) is 0. The van der Waals surface area contributed by atoms with Gasteiger partial charge in [0.25, 0.3) is 0 Å². The monoisotopic (exact) mass is 109 g/mol. The molecule has 0 saturated heterocycles. The van der Waals surface area contributed by atoms with Crippen molar-refractivity contribution in [2.24, 2.45) is 0 Å². The second-order valence-corrected chi connectivity index (χ2v) is 2.10. The SMILES string of the molecule is C[B]/C=C(/C)CCC. The first kappa shape index (κ1) is 7.80. The van der Waals surface area contributed by atoms with E-state index in [1.165, 1.54) is 18.4 Å². The second-order valence-electron chi connectivity index (χ2n) is 2.10. The molecule has 8 heavy (non-hydrogen) atoms. The lowest BCUT2D eigenvalue weighted by Gasteiger charge is -1.93. The maximum absolute atomic E-state index is 2.20. The van der Waals surface area contributed by atoms with Crippen molar-refractivity contribution in [2.75, 3.05) is 0 Å². The molecule has 0 aliphatic rings. The molecule has 0 aliphatic carbocycles. The van der Waals surface area contributed by atoms with Crippen molar-refractivity contribution in [3.63, 3.8) is 0 Å². The summed E-state index contributed by atoms with van der Waals surface area (Å²) in [6, 6.07) is 0. The summed E-state index contributed by atoms with van der Waals surface area (Å²) in [5.41, 5.74) is 1.48. The number of hydrogen-bond donors (Lipinski definition) is 0. The van der Waals surface area contributed by atoms with E-state index in [1.807, 2.05) is 0 Å². The van der Waals surface area contributed by atoms with Crippen molar-refractivity contribution < 1.29 is 0 Å². The molecule has 1 radical (unpaired) electrons. The summed E-state index contributed by atoms with van der Waals surface area (Å²) >= 11 is 0. The molecule has 0 aromatic carbocycles. The second kappa shape index (κ2) is 4.95. The molecule has 0 aliphatic heterocycles. The van der Waals surface area contributed by atoms with E-state index in [-0.39, 0.29) is 0 Å². The zero-order valence-corrected chi connectivity index (χ0v) is 6.07. The van der Waals surface area contributed by atoms with Gasteiger partial charge in [-0.1, -0.05) is 25.7 Å². The van der Waals surface area contributed by atoms with Crippen LogP contribution in [0, 0.1) is 0 Å². The van der Waals surface area contributed by atoms with E-state index < -0.39 is 0 Å². The maximum Gasteiger partial charge on any atom is 0.137 e. The minimum atomic E-state index is 1.24. The van der Waals surface area contributed by atoms with E-state index in [0.717, 1.165) is 0 Å². The Hall–Kier alpha value is -0.195. The molecule has 0 saturated carbocycles. The Morgan fingerprint density at radius 2 is 2.25 bits per heavy atom. The van der Waals surface area contributed by atoms with Crippen LogP contribution in [-0.4, -0.2) is 7.28 Å². The molecule has 0 spiro atoms. The molecular formula is C7H14B. The fraction of sp³-hybridized carbons (Fsp3) is 0.714. The average Bonchev–Trinajstić information content (AvgIpc) is 1.68. The zero-order valence-electron chi connectivity index (χ0n) is 6.07. The first-order valence-electron chi connectivity index (χ1n) is 3.26. The molecule has 0 fully saturated rings. The van der Waals surface area contributed by atoms with Crippen LogP contribution in [0.1, 0.15) is 26.7 Å². The van der Waals surface area contributed by atoms with Crippen LogP contribution in [0.5, 0.6) is 0 Å². The summed E-state index contributed by atoms with van der Waals surface area (Å²) < 4.78 is 0. The first-order valence-corrected chi connectivity index (χ1v) is 3.26. The third-order valence-corrected chi connectivity index (χ3v) is 1.10. The van der Waals surface area contributed by atoms with Crippen LogP contribution in [0.15, 0.2) is 11.5 Å². The van der Waals surface area contributed by atoms with E-state index in [0.29, 0.717) is 0 Å². The molecule has 0 aromatic heterocycles. The number of rotatable bonds is 3. The fourth-order valence-electron chi connectivity index (χ4n) is 0.762. The third-order valence-electron chi connectivity index (χ3n) is 1.10. The Kier molecular flexibility index (Phi) is 4.83. The Morgan fingerprint density at radius 3 is 2.62 bits per heavy atom. The predicted molar refractivity (Wildman–Crippen MR) is 40.3 cm³/mol. The van der Waals surface area contributed by atoms with Crippen molar-refractivity contribution in [3.8, 4) is 0 Å². The van der Waals surface area contributed by atoms with Gasteiger partial charge >= 0.3 is 0 Å². The number of hydrogen-bond acceptors (Lipinski definition) is 0. The van der Waals surface area contributed by atoms with Crippen LogP contribution in [0.25, 0.3) is 0 Å². The van der Waals surface area contributed by atoms with Gasteiger partial charge in [-0.15, -0.1) is 5.98 Å². The van der Waals surface area contributed by atoms with Gasteiger partial charge in [0.05, 0.1) is 0 Å². The van der Waals surface area contributed by atoms with Gasteiger partial charge in [-0.3, -0.25) is 0 Å². The van der Waals surface area contributed by atoms with E-state index >= 15 is 0 Å². The predicted octanol–water partition coefficient (Wildman–Crippen LogP) is 2.44. The topological polar surface area (TPSA) is 0 Å². The van der Waals surface area contributed by atoms with Gasteiger partial charge in [-0.2, -0.15) is 0 Å². The summed E-state index contributed by atoms with van der Waals surface area (Å²) in [6.07, 6.45) is 2.50. The van der Waals surface area contributed by atoms with Gasteiger partial charge in [-0.05, 0) is 13.3 Å². The minimum absolute atomic E-state index is 1.24. The maximum atomic E-state index is 2.20. The highest BCUT2D eigenvalue weighted by molar-refractivity contribution is 6.40. The highest BCUT2D eigenvalue weighted by atomic mass is 13.8. The quantitative estimate of drug-likeness (QED) is 0.488. The fourth-order valence-corrected chi connectivity index (χ4v) is 0.762. The molecule has 0 heterocycles. The van der Waals surface area contributed by atoms with Gasteiger partial charge < -0.3 is 0 Å². The normalized spacial score (nSPS) is 11.6. The largest absolute Gasteiger partial charge is 0.137 e. The molecule has 45 valence electrons. The highest BCUT2D eigenvalue weighted by Gasteiger charge is 1.82. The lowest BCUT2D eigenvalue weighted by molar-refractivity contribution is 0.908. The molecule has 1 heteroatoms.